The van der Waals surface area contributed by atoms with E-state index in [1.807, 2.05) is 13.8 Å². The summed E-state index contributed by atoms with van der Waals surface area (Å²) >= 11 is 0. The van der Waals surface area contributed by atoms with Crippen LogP contribution in [0.2, 0.25) is 0 Å². The molecule has 1 heteroatoms. The smallest absolute Gasteiger partial charge is 0.0866 e. The molecule has 0 aromatic heterocycles. The average Bonchev–Trinajstić information content (AvgIpc) is 2.02. The Kier molecular flexibility index (Phi) is 2.77. The molecule has 1 unspecified atom stereocenters. The van der Waals surface area contributed by atoms with Crippen LogP contribution < -0.4 is 0 Å². The monoisotopic (exact) mass is 178 g/mol. The van der Waals surface area contributed by atoms with E-state index in [0.29, 0.717) is 0 Å². The van der Waals surface area contributed by atoms with Gasteiger partial charge in [0.2, 0.25) is 0 Å². The molecule has 13 heavy (non-hydrogen) atoms. The fourth-order valence-corrected chi connectivity index (χ4v) is 1.49. The molecule has 0 aliphatic heterocycles. The molecule has 1 atom stereocenters. The van der Waals surface area contributed by atoms with Gasteiger partial charge in [-0.05, 0) is 32.8 Å². The highest BCUT2D eigenvalue weighted by Gasteiger charge is 2.20. The molecular weight excluding hydrogens is 160 g/mol. The molecule has 0 heterocycles. The van der Waals surface area contributed by atoms with Crippen molar-refractivity contribution < 1.29 is 5.11 Å². The van der Waals surface area contributed by atoms with E-state index in [1.165, 1.54) is 11.1 Å². The van der Waals surface area contributed by atoms with Gasteiger partial charge in [-0.2, -0.15) is 0 Å². The Morgan fingerprint density at radius 3 is 2.00 bits per heavy atom. The third-order valence-corrected chi connectivity index (χ3v) is 2.53. The largest absolute Gasteiger partial charge is 0.385 e. The number of aryl methyl sites for hydroxylation is 2. The number of benzene rings is 1. The van der Waals surface area contributed by atoms with Crippen molar-refractivity contribution in [1.29, 1.82) is 0 Å². The molecule has 72 valence electrons. The first-order valence-electron chi connectivity index (χ1n) is 4.77. The molecule has 1 N–H and O–H groups in total. The Morgan fingerprint density at radius 2 is 1.62 bits per heavy atom. The zero-order valence-electron chi connectivity index (χ0n) is 8.89. The molecule has 0 fully saturated rings. The summed E-state index contributed by atoms with van der Waals surface area (Å²) in [6.07, 6.45) is 0.746. The first-order chi connectivity index (χ1) is 5.95. The van der Waals surface area contributed by atoms with Crippen molar-refractivity contribution in [2.45, 2.75) is 39.7 Å². The van der Waals surface area contributed by atoms with Crippen molar-refractivity contribution in [2.75, 3.05) is 0 Å². The Morgan fingerprint density at radius 1 is 1.15 bits per heavy atom. The van der Waals surface area contributed by atoms with Gasteiger partial charge in [0, 0.05) is 0 Å². The van der Waals surface area contributed by atoms with Gasteiger partial charge in [0.25, 0.3) is 0 Å². The van der Waals surface area contributed by atoms with Crippen LogP contribution in [0.1, 0.15) is 37.0 Å². The lowest BCUT2D eigenvalue weighted by Gasteiger charge is -2.22. The zero-order chi connectivity index (χ0) is 10.1. The second kappa shape index (κ2) is 3.51. The first-order valence-corrected chi connectivity index (χ1v) is 4.77. The van der Waals surface area contributed by atoms with Gasteiger partial charge in [-0.1, -0.05) is 36.2 Å². The molecule has 1 nitrogen and oxygen atoms in total. The number of rotatable bonds is 2. The van der Waals surface area contributed by atoms with Gasteiger partial charge in [0.15, 0.2) is 0 Å². The molecule has 0 aliphatic rings. The van der Waals surface area contributed by atoms with E-state index in [0.717, 1.165) is 12.0 Å². The number of hydrogen-bond donors (Lipinski definition) is 1. The fraction of sp³-hybridized carbons (Fsp3) is 0.500. The van der Waals surface area contributed by atoms with Crippen LogP contribution >= 0.6 is 0 Å². The zero-order valence-corrected chi connectivity index (χ0v) is 8.89. The van der Waals surface area contributed by atoms with Crippen molar-refractivity contribution in [3.63, 3.8) is 0 Å². The standard InChI is InChI=1S/C12H18O/c1-5-12(4,13)11-7-9(2)6-10(3)8-11/h6-8,13H,5H2,1-4H3. The molecule has 0 spiro atoms. The Hall–Kier alpha value is -0.820. The lowest BCUT2D eigenvalue weighted by atomic mass is 9.91. The Bertz CT molecular complexity index is 280. The van der Waals surface area contributed by atoms with E-state index in [1.54, 1.807) is 0 Å². The summed E-state index contributed by atoms with van der Waals surface area (Å²) in [6, 6.07) is 6.22. The maximum absolute atomic E-state index is 10.0. The lowest BCUT2D eigenvalue weighted by Crippen LogP contribution is -2.19. The lowest BCUT2D eigenvalue weighted by molar-refractivity contribution is 0.0530. The Balaban J connectivity index is 3.15. The second-order valence-electron chi connectivity index (χ2n) is 4.00. The summed E-state index contributed by atoms with van der Waals surface area (Å²) in [6.45, 7) is 7.98. The van der Waals surface area contributed by atoms with Crippen LogP contribution in [0.5, 0.6) is 0 Å². The Labute approximate surface area is 80.4 Å². The van der Waals surface area contributed by atoms with Gasteiger partial charge in [-0.3, -0.25) is 0 Å². The summed E-state index contributed by atoms with van der Waals surface area (Å²) in [4.78, 5) is 0. The molecule has 1 aromatic rings. The molecule has 0 saturated carbocycles. The fourth-order valence-electron chi connectivity index (χ4n) is 1.49. The van der Waals surface area contributed by atoms with Crippen molar-refractivity contribution in [3.05, 3.63) is 34.9 Å². The minimum absolute atomic E-state index is 0.684. The van der Waals surface area contributed by atoms with Gasteiger partial charge in [-0.25, -0.2) is 0 Å². The van der Waals surface area contributed by atoms with Crippen LogP contribution in [-0.4, -0.2) is 5.11 Å². The van der Waals surface area contributed by atoms with E-state index in [4.69, 9.17) is 0 Å². The molecular formula is C12H18O. The minimum Gasteiger partial charge on any atom is -0.385 e. The molecule has 1 rings (SSSR count). The third-order valence-electron chi connectivity index (χ3n) is 2.53. The van der Waals surface area contributed by atoms with Gasteiger partial charge in [0.1, 0.15) is 0 Å². The van der Waals surface area contributed by atoms with Crippen molar-refractivity contribution in [3.8, 4) is 0 Å². The van der Waals surface area contributed by atoms with Crippen LogP contribution in [0.3, 0.4) is 0 Å². The van der Waals surface area contributed by atoms with E-state index in [-0.39, 0.29) is 0 Å². The summed E-state index contributed by atoms with van der Waals surface area (Å²) in [5.74, 6) is 0. The second-order valence-corrected chi connectivity index (χ2v) is 4.00. The number of aliphatic hydroxyl groups is 1. The van der Waals surface area contributed by atoms with Crippen LogP contribution in [0.25, 0.3) is 0 Å². The summed E-state index contributed by atoms with van der Waals surface area (Å²) in [7, 11) is 0. The average molecular weight is 178 g/mol. The summed E-state index contributed by atoms with van der Waals surface area (Å²) in [5, 5.41) is 10.0. The highest BCUT2D eigenvalue weighted by molar-refractivity contribution is 5.31. The van der Waals surface area contributed by atoms with Gasteiger partial charge < -0.3 is 5.11 Å². The molecule has 0 amide bonds. The molecule has 0 aliphatic carbocycles. The van der Waals surface area contributed by atoms with Gasteiger partial charge in [0.05, 0.1) is 5.60 Å². The van der Waals surface area contributed by atoms with E-state index < -0.39 is 5.60 Å². The summed E-state index contributed by atoms with van der Waals surface area (Å²) < 4.78 is 0. The maximum atomic E-state index is 10.0. The normalized spacial score (nSPS) is 15.5. The quantitative estimate of drug-likeness (QED) is 0.738. The van der Waals surface area contributed by atoms with Crippen molar-refractivity contribution in [2.24, 2.45) is 0 Å². The molecule has 0 bridgehead atoms. The SMILES string of the molecule is CCC(C)(O)c1cc(C)cc(C)c1. The van der Waals surface area contributed by atoms with Crippen molar-refractivity contribution >= 4 is 0 Å². The van der Waals surface area contributed by atoms with Gasteiger partial charge in [-0.15, -0.1) is 0 Å². The van der Waals surface area contributed by atoms with Crippen LogP contribution in [0.4, 0.5) is 0 Å². The molecule has 0 radical (unpaired) electrons. The third kappa shape index (κ3) is 2.31. The number of hydrogen-bond acceptors (Lipinski definition) is 1. The molecule has 1 aromatic carbocycles. The van der Waals surface area contributed by atoms with E-state index in [2.05, 4.69) is 32.0 Å². The minimum atomic E-state index is -0.684. The van der Waals surface area contributed by atoms with E-state index in [9.17, 15) is 5.11 Å². The van der Waals surface area contributed by atoms with Crippen LogP contribution in [-0.2, 0) is 5.60 Å². The van der Waals surface area contributed by atoms with E-state index >= 15 is 0 Å². The highest BCUT2D eigenvalue weighted by Crippen LogP contribution is 2.25. The van der Waals surface area contributed by atoms with Crippen molar-refractivity contribution in [1.82, 2.24) is 0 Å². The van der Waals surface area contributed by atoms with Crippen LogP contribution in [0, 0.1) is 13.8 Å². The topological polar surface area (TPSA) is 20.2 Å². The predicted octanol–water partition coefficient (Wildman–Crippen LogP) is 2.92. The maximum Gasteiger partial charge on any atom is 0.0866 e. The van der Waals surface area contributed by atoms with Crippen LogP contribution in [0.15, 0.2) is 18.2 Å². The molecule has 0 saturated heterocycles. The summed E-state index contributed by atoms with van der Waals surface area (Å²) in [5.41, 5.74) is 2.76. The highest BCUT2D eigenvalue weighted by atomic mass is 16.3. The predicted molar refractivity (Wildman–Crippen MR) is 55.8 cm³/mol. The first kappa shape index (κ1) is 10.3. The van der Waals surface area contributed by atoms with Gasteiger partial charge >= 0.3 is 0 Å².